The van der Waals surface area contributed by atoms with Crippen LogP contribution < -0.4 is 0 Å². The number of thioether (sulfide) groups is 1. The maximum Gasteiger partial charge on any atom is 0.319 e. The van der Waals surface area contributed by atoms with Crippen molar-refractivity contribution in [1.82, 2.24) is 24.3 Å². The number of alkyl halides is 2. The Hall–Kier alpha value is -2.22. The molecular formula is C13H11F2N5S. The molecule has 0 aliphatic rings. The zero-order valence-corrected chi connectivity index (χ0v) is 11.6. The van der Waals surface area contributed by atoms with Gasteiger partial charge in [-0.2, -0.15) is 8.78 Å². The molecule has 108 valence electrons. The van der Waals surface area contributed by atoms with Crippen molar-refractivity contribution >= 4 is 11.8 Å². The van der Waals surface area contributed by atoms with E-state index in [2.05, 4.69) is 15.1 Å². The van der Waals surface area contributed by atoms with E-state index in [-0.39, 0.29) is 5.75 Å². The number of rotatable bonds is 5. The van der Waals surface area contributed by atoms with Crippen molar-refractivity contribution in [3.05, 3.63) is 54.9 Å². The van der Waals surface area contributed by atoms with Crippen LogP contribution in [-0.4, -0.2) is 24.3 Å². The van der Waals surface area contributed by atoms with Gasteiger partial charge in [-0.05, 0) is 12.1 Å². The Labute approximate surface area is 123 Å². The normalized spacial score (nSPS) is 11.2. The molecule has 0 saturated carbocycles. The fraction of sp³-hybridized carbons (Fsp3) is 0.154. The van der Waals surface area contributed by atoms with Crippen LogP contribution in [0.3, 0.4) is 0 Å². The zero-order chi connectivity index (χ0) is 14.7. The van der Waals surface area contributed by atoms with Crippen molar-refractivity contribution in [2.24, 2.45) is 0 Å². The molecule has 8 heteroatoms. The lowest BCUT2D eigenvalue weighted by molar-refractivity contribution is 0.0678. The summed E-state index contributed by atoms with van der Waals surface area (Å²) in [6, 6.07) is 9.55. The molecule has 2 aromatic heterocycles. The molecular weight excluding hydrogens is 296 g/mol. The molecule has 21 heavy (non-hydrogen) atoms. The third-order valence-corrected chi connectivity index (χ3v) is 3.63. The third kappa shape index (κ3) is 3.10. The lowest BCUT2D eigenvalue weighted by Gasteiger charge is -2.04. The summed E-state index contributed by atoms with van der Waals surface area (Å²) in [6.07, 6.45) is 4.21. The van der Waals surface area contributed by atoms with Crippen molar-refractivity contribution in [3.63, 3.8) is 0 Å². The topological polar surface area (TPSA) is 48.5 Å². The summed E-state index contributed by atoms with van der Waals surface area (Å²) in [5.74, 6) is 0.585. The van der Waals surface area contributed by atoms with Crippen LogP contribution in [0.2, 0.25) is 0 Å². The number of halogens is 2. The Bertz CT molecular complexity index is 710. The molecule has 0 bridgehead atoms. The van der Waals surface area contributed by atoms with Crippen LogP contribution >= 0.6 is 11.8 Å². The molecule has 0 aliphatic carbocycles. The molecule has 0 saturated heterocycles. The van der Waals surface area contributed by atoms with Gasteiger partial charge >= 0.3 is 6.55 Å². The second kappa shape index (κ2) is 6.04. The van der Waals surface area contributed by atoms with Crippen molar-refractivity contribution in [2.45, 2.75) is 17.5 Å². The highest BCUT2D eigenvalue weighted by Gasteiger charge is 2.12. The number of benzene rings is 1. The molecule has 1 aromatic carbocycles. The van der Waals surface area contributed by atoms with Crippen LogP contribution in [0.4, 0.5) is 8.78 Å². The van der Waals surface area contributed by atoms with Gasteiger partial charge in [0, 0.05) is 12.4 Å². The highest BCUT2D eigenvalue weighted by molar-refractivity contribution is 7.98. The van der Waals surface area contributed by atoms with E-state index in [1.807, 2.05) is 30.3 Å². The van der Waals surface area contributed by atoms with Crippen LogP contribution in [-0.2, 0) is 5.75 Å². The smallest absolute Gasteiger partial charge is 0.277 e. The number of hydrogen-bond acceptors (Lipinski definition) is 4. The summed E-state index contributed by atoms with van der Waals surface area (Å²) in [6.45, 7) is -2.59. The van der Waals surface area contributed by atoms with Crippen LogP contribution in [0, 0.1) is 0 Å². The van der Waals surface area contributed by atoms with E-state index < -0.39 is 6.55 Å². The van der Waals surface area contributed by atoms with E-state index in [9.17, 15) is 8.78 Å². The van der Waals surface area contributed by atoms with Gasteiger partial charge in [0.1, 0.15) is 12.2 Å². The van der Waals surface area contributed by atoms with E-state index >= 15 is 0 Å². The van der Waals surface area contributed by atoms with Crippen molar-refractivity contribution < 1.29 is 8.78 Å². The summed E-state index contributed by atoms with van der Waals surface area (Å²) in [5, 5.41) is 4.81. The molecule has 0 radical (unpaired) electrons. The maximum atomic E-state index is 12.7. The van der Waals surface area contributed by atoms with E-state index in [0.717, 1.165) is 10.3 Å². The van der Waals surface area contributed by atoms with Crippen LogP contribution in [0.1, 0.15) is 12.4 Å². The molecule has 0 N–H and O–H groups in total. The molecule has 0 amide bonds. The Morgan fingerprint density at radius 2 is 1.95 bits per heavy atom. The van der Waals surface area contributed by atoms with Crippen molar-refractivity contribution in [3.8, 4) is 5.69 Å². The van der Waals surface area contributed by atoms with E-state index in [4.69, 9.17) is 0 Å². The summed E-state index contributed by atoms with van der Waals surface area (Å²) < 4.78 is 27.9. The van der Waals surface area contributed by atoms with Gasteiger partial charge in [-0.1, -0.05) is 30.0 Å². The molecule has 3 aromatic rings. The molecule has 2 heterocycles. The lowest BCUT2D eigenvalue weighted by atomic mass is 10.3. The molecule has 0 atom stereocenters. The highest BCUT2D eigenvalue weighted by Crippen LogP contribution is 2.21. The SMILES string of the molecule is FC(F)n1ccnc1CSc1ncn(-c2ccccc2)n1. The molecule has 5 nitrogen and oxygen atoms in total. The number of nitrogens with zero attached hydrogens (tertiary/aromatic N) is 5. The van der Waals surface area contributed by atoms with Crippen LogP contribution in [0.25, 0.3) is 5.69 Å². The molecule has 3 rings (SSSR count). The summed E-state index contributed by atoms with van der Waals surface area (Å²) in [5.41, 5.74) is 0.894. The van der Waals surface area contributed by atoms with Crippen LogP contribution in [0.5, 0.6) is 0 Å². The fourth-order valence-electron chi connectivity index (χ4n) is 1.78. The van der Waals surface area contributed by atoms with Crippen molar-refractivity contribution in [1.29, 1.82) is 0 Å². The predicted molar refractivity (Wildman–Crippen MR) is 74.4 cm³/mol. The second-order valence-electron chi connectivity index (χ2n) is 4.12. The van der Waals surface area contributed by atoms with E-state index in [0.29, 0.717) is 11.0 Å². The Morgan fingerprint density at radius 3 is 2.71 bits per heavy atom. The largest absolute Gasteiger partial charge is 0.319 e. The molecule has 0 unspecified atom stereocenters. The standard InChI is InChI=1S/C13H11F2N5S/c14-12(15)19-7-6-16-11(19)8-21-13-17-9-20(18-13)10-4-2-1-3-5-10/h1-7,9,12H,8H2. The number of para-hydroxylation sites is 1. The van der Waals surface area contributed by atoms with Crippen molar-refractivity contribution in [2.75, 3.05) is 0 Å². The fourth-order valence-corrected chi connectivity index (χ4v) is 2.53. The number of aromatic nitrogens is 5. The average Bonchev–Trinajstić information content (AvgIpc) is 3.15. The summed E-state index contributed by atoms with van der Waals surface area (Å²) in [7, 11) is 0. The van der Waals surface area contributed by atoms with Gasteiger partial charge in [-0.15, -0.1) is 5.10 Å². The Balaban J connectivity index is 1.69. The minimum absolute atomic E-state index is 0.288. The lowest BCUT2D eigenvalue weighted by Crippen LogP contribution is -2.02. The van der Waals surface area contributed by atoms with Gasteiger partial charge in [-0.25, -0.2) is 14.6 Å². The van der Waals surface area contributed by atoms with Gasteiger partial charge in [0.25, 0.3) is 0 Å². The summed E-state index contributed by atoms with van der Waals surface area (Å²) in [4.78, 5) is 8.07. The predicted octanol–water partition coefficient (Wildman–Crippen LogP) is 3.15. The highest BCUT2D eigenvalue weighted by atomic mass is 32.2. The Kier molecular flexibility index (Phi) is 3.96. The minimum Gasteiger partial charge on any atom is -0.277 e. The first kappa shape index (κ1) is 13.7. The molecule has 0 spiro atoms. The summed E-state index contributed by atoms with van der Waals surface area (Å²) >= 11 is 1.27. The van der Waals surface area contributed by atoms with E-state index in [1.54, 1.807) is 11.0 Å². The third-order valence-electron chi connectivity index (χ3n) is 2.78. The van der Waals surface area contributed by atoms with Gasteiger partial charge in [0.15, 0.2) is 0 Å². The zero-order valence-electron chi connectivity index (χ0n) is 10.8. The number of hydrogen-bond donors (Lipinski definition) is 0. The van der Waals surface area contributed by atoms with Gasteiger partial charge in [0.05, 0.1) is 11.4 Å². The van der Waals surface area contributed by atoms with E-state index in [1.165, 1.54) is 24.2 Å². The minimum atomic E-state index is -2.59. The van der Waals surface area contributed by atoms with Gasteiger partial charge in [0.2, 0.25) is 5.16 Å². The first-order valence-electron chi connectivity index (χ1n) is 6.14. The quantitative estimate of drug-likeness (QED) is 0.679. The Morgan fingerprint density at radius 1 is 1.14 bits per heavy atom. The van der Waals surface area contributed by atoms with Crippen LogP contribution in [0.15, 0.2) is 54.2 Å². The maximum absolute atomic E-state index is 12.7. The monoisotopic (exact) mass is 307 g/mol. The number of imidazole rings is 1. The first-order valence-corrected chi connectivity index (χ1v) is 7.12. The average molecular weight is 307 g/mol. The molecule has 0 fully saturated rings. The van der Waals surface area contributed by atoms with Gasteiger partial charge < -0.3 is 0 Å². The first-order chi connectivity index (χ1) is 10.2. The van der Waals surface area contributed by atoms with Gasteiger partial charge in [-0.3, -0.25) is 4.57 Å². The second-order valence-corrected chi connectivity index (χ2v) is 5.07. The molecule has 0 aliphatic heterocycles.